The second-order valence-corrected chi connectivity index (χ2v) is 10.7. The van der Waals surface area contributed by atoms with Crippen molar-refractivity contribution in [3.63, 3.8) is 0 Å². The monoisotopic (exact) mass is 252 g/mol. The van der Waals surface area contributed by atoms with E-state index in [1.54, 1.807) is 0 Å². The molecule has 0 rings (SSSR count). The van der Waals surface area contributed by atoms with Crippen LogP contribution in [0, 0.1) is 0 Å². The fourth-order valence-corrected chi connectivity index (χ4v) is 4.68. The molecule has 0 fully saturated rings. The predicted octanol–water partition coefficient (Wildman–Crippen LogP) is 2.44. The van der Waals surface area contributed by atoms with Crippen LogP contribution in [0.1, 0.15) is 19.8 Å². The maximum absolute atomic E-state index is 5.55. The molecule has 0 aliphatic carbocycles. The van der Waals surface area contributed by atoms with Crippen LogP contribution < -0.4 is 0 Å². The van der Waals surface area contributed by atoms with Crippen LogP contribution >= 0.6 is 0 Å². The molecule has 0 saturated carbocycles. The molecule has 12 heavy (non-hydrogen) atoms. The summed E-state index contributed by atoms with van der Waals surface area (Å²) in [4.78, 5) is 0. The number of ether oxygens (including phenoxy) is 1. The van der Waals surface area contributed by atoms with Gasteiger partial charge >= 0.3 is 85.0 Å². The standard InChI is InChI=1S/C9H20OSeSi/c1-5-6-7-10-9(11)8-12(2,3)4/h5-8H2,1-4H3. The molecule has 0 N–H and O–H groups in total. The van der Waals surface area contributed by atoms with Gasteiger partial charge in [0.2, 0.25) is 0 Å². The molecule has 0 amide bonds. The zero-order valence-electron chi connectivity index (χ0n) is 8.64. The molecule has 3 heteroatoms. The van der Waals surface area contributed by atoms with Crippen molar-refractivity contribution in [2.75, 3.05) is 6.61 Å². The Morgan fingerprint density at radius 1 is 1.33 bits per heavy atom. The molecule has 0 unspecified atom stereocenters. The second kappa shape index (κ2) is 5.95. The Hall–Kier alpha value is 0.406. The summed E-state index contributed by atoms with van der Waals surface area (Å²) < 4.78 is 6.67. The zero-order chi connectivity index (χ0) is 9.61. The molecule has 0 saturated heterocycles. The van der Waals surface area contributed by atoms with E-state index in [0.29, 0.717) is 0 Å². The van der Waals surface area contributed by atoms with E-state index in [0.717, 1.165) is 23.7 Å². The van der Waals surface area contributed by atoms with Crippen LogP contribution in [0.15, 0.2) is 0 Å². The van der Waals surface area contributed by atoms with Crippen molar-refractivity contribution in [2.45, 2.75) is 45.5 Å². The summed E-state index contributed by atoms with van der Waals surface area (Å²) in [5.41, 5.74) is 0. The summed E-state index contributed by atoms with van der Waals surface area (Å²) in [5.74, 6) is 0. The summed E-state index contributed by atoms with van der Waals surface area (Å²) in [6.07, 6.45) is 2.37. The molecule has 1 nitrogen and oxygen atoms in total. The Morgan fingerprint density at radius 3 is 2.33 bits per heavy atom. The summed E-state index contributed by atoms with van der Waals surface area (Å²) in [6, 6.07) is 1.15. The Balaban J connectivity index is 3.47. The molecular formula is C9H20OSeSi. The van der Waals surface area contributed by atoms with Gasteiger partial charge in [0.1, 0.15) is 0 Å². The summed E-state index contributed by atoms with van der Waals surface area (Å²) >= 11 is 3.02. The van der Waals surface area contributed by atoms with Crippen molar-refractivity contribution < 1.29 is 4.74 Å². The molecule has 0 spiro atoms. The third-order valence-electron chi connectivity index (χ3n) is 1.44. The van der Waals surface area contributed by atoms with E-state index >= 15 is 0 Å². The second-order valence-electron chi connectivity index (χ2n) is 4.31. The van der Waals surface area contributed by atoms with E-state index in [9.17, 15) is 0 Å². The van der Waals surface area contributed by atoms with Crippen molar-refractivity contribution in [1.82, 2.24) is 0 Å². The van der Waals surface area contributed by atoms with Gasteiger partial charge in [-0.25, -0.2) is 0 Å². The van der Waals surface area contributed by atoms with Crippen LogP contribution in [0.25, 0.3) is 0 Å². The van der Waals surface area contributed by atoms with Crippen LogP contribution in [0.4, 0.5) is 0 Å². The first-order valence-corrected chi connectivity index (χ1v) is 9.17. The average molecular weight is 251 g/mol. The van der Waals surface area contributed by atoms with Gasteiger partial charge in [-0.3, -0.25) is 0 Å². The molecule has 0 atom stereocenters. The van der Waals surface area contributed by atoms with E-state index in [-0.39, 0.29) is 0 Å². The van der Waals surface area contributed by atoms with E-state index in [4.69, 9.17) is 4.74 Å². The quantitative estimate of drug-likeness (QED) is 0.520. The maximum atomic E-state index is 5.55. The van der Waals surface area contributed by atoms with Gasteiger partial charge in [0.15, 0.2) is 0 Å². The molecule has 0 aliphatic rings. The molecule has 0 bridgehead atoms. The van der Waals surface area contributed by atoms with Crippen LogP contribution in [0.2, 0.25) is 25.7 Å². The van der Waals surface area contributed by atoms with Gasteiger partial charge < -0.3 is 0 Å². The zero-order valence-corrected chi connectivity index (χ0v) is 11.4. The molecule has 0 aliphatic heterocycles. The van der Waals surface area contributed by atoms with Gasteiger partial charge in [0, 0.05) is 0 Å². The van der Waals surface area contributed by atoms with Crippen LogP contribution in [-0.2, 0) is 4.74 Å². The Kier molecular flexibility index (Phi) is 6.15. The summed E-state index contributed by atoms with van der Waals surface area (Å²) in [5, 5.41) is 0. The minimum absolute atomic E-state index is 0.878. The van der Waals surface area contributed by atoms with Crippen molar-refractivity contribution in [3.05, 3.63) is 0 Å². The topological polar surface area (TPSA) is 9.23 Å². The normalized spacial score (nSPS) is 11.3. The first-order chi connectivity index (χ1) is 5.45. The van der Waals surface area contributed by atoms with E-state index in [1.165, 1.54) is 6.42 Å². The molecule has 0 heterocycles. The Morgan fingerprint density at radius 2 is 1.92 bits per heavy atom. The van der Waals surface area contributed by atoms with E-state index in [1.807, 2.05) is 0 Å². The molecular weight excluding hydrogens is 231 g/mol. The van der Waals surface area contributed by atoms with Crippen LogP contribution in [0.5, 0.6) is 0 Å². The fraction of sp³-hybridized carbons (Fsp3) is 0.889. The van der Waals surface area contributed by atoms with Crippen molar-refractivity contribution in [3.8, 4) is 0 Å². The van der Waals surface area contributed by atoms with Gasteiger partial charge in [-0.05, 0) is 0 Å². The predicted molar refractivity (Wildman–Crippen MR) is 59.8 cm³/mol. The van der Waals surface area contributed by atoms with E-state index in [2.05, 4.69) is 42.1 Å². The first-order valence-electron chi connectivity index (χ1n) is 4.61. The van der Waals surface area contributed by atoms with Gasteiger partial charge in [0.05, 0.1) is 0 Å². The summed E-state index contributed by atoms with van der Waals surface area (Å²) in [6.45, 7) is 10.1. The third-order valence-corrected chi connectivity index (χ3v) is 3.94. The summed E-state index contributed by atoms with van der Waals surface area (Å²) in [7, 11) is -0.974. The van der Waals surface area contributed by atoms with Crippen molar-refractivity contribution in [2.24, 2.45) is 0 Å². The molecule has 0 aromatic rings. The Bertz CT molecular complexity index is 140. The number of hydrogen-bond donors (Lipinski definition) is 0. The van der Waals surface area contributed by atoms with Gasteiger partial charge in [0.25, 0.3) is 0 Å². The van der Waals surface area contributed by atoms with Crippen LogP contribution in [-0.4, -0.2) is 34.9 Å². The van der Waals surface area contributed by atoms with E-state index < -0.39 is 8.07 Å². The van der Waals surface area contributed by atoms with Gasteiger partial charge in [-0.2, -0.15) is 0 Å². The third kappa shape index (κ3) is 8.50. The first kappa shape index (κ1) is 12.4. The number of hydrogen-bond acceptors (Lipinski definition) is 1. The minimum atomic E-state index is -0.974. The molecule has 0 aromatic heterocycles. The average Bonchev–Trinajstić information content (AvgIpc) is 1.84. The SMILES string of the molecule is CCCCOC(=[Se])C[Si](C)(C)C. The molecule has 0 radical (unpaired) electrons. The van der Waals surface area contributed by atoms with Crippen LogP contribution in [0.3, 0.4) is 0 Å². The van der Waals surface area contributed by atoms with Gasteiger partial charge in [-0.15, -0.1) is 0 Å². The number of rotatable bonds is 6. The fourth-order valence-electron chi connectivity index (χ4n) is 0.814. The van der Waals surface area contributed by atoms with Gasteiger partial charge in [-0.1, -0.05) is 0 Å². The molecule has 72 valence electrons. The Labute approximate surface area is 85.3 Å². The van der Waals surface area contributed by atoms with Crippen molar-refractivity contribution >= 4 is 28.3 Å². The molecule has 0 aromatic carbocycles. The number of unbranched alkanes of at least 4 members (excludes halogenated alkanes) is 1. The van der Waals surface area contributed by atoms with Crippen molar-refractivity contribution in [1.29, 1.82) is 0 Å².